The molecule has 96 valence electrons. The zero-order valence-corrected chi connectivity index (χ0v) is 8.37. The summed E-state index contributed by atoms with van der Waals surface area (Å²) in [4.78, 5) is 0. The van der Waals surface area contributed by atoms with Crippen LogP contribution >= 0.6 is 0 Å². The third-order valence-electron chi connectivity index (χ3n) is 2.60. The molecule has 0 aromatic rings. The Morgan fingerprint density at radius 3 is 1.88 bits per heavy atom. The highest BCUT2D eigenvalue weighted by atomic mass is 19.4. The predicted octanol–water partition coefficient (Wildman–Crippen LogP) is 4.03. The van der Waals surface area contributed by atoms with E-state index in [1.807, 2.05) is 0 Å². The van der Waals surface area contributed by atoms with Gasteiger partial charge in [-0.2, -0.15) is 22.0 Å². The second-order valence-electron chi connectivity index (χ2n) is 3.87. The van der Waals surface area contributed by atoms with Crippen LogP contribution in [0.25, 0.3) is 0 Å². The van der Waals surface area contributed by atoms with E-state index < -0.39 is 24.6 Å². The zero-order valence-electron chi connectivity index (χ0n) is 8.37. The Hall–Kier alpha value is -0.460. The van der Waals surface area contributed by atoms with E-state index in [4.69, 9.17) is 0 Å². The third kappa shape index (κ3) is 3.54. The molecule has 1 saturated carbocycles. The minimum absolute atomic E-state index is 0.0670. The van der Waals surface area contributed by atoms with Gasteiger partial charge in [-0.1, -0.05) is 19.3 Å². The number of ether oxygens (including phenoxy) is 1. The molecule has 7 heteroatoms. The molecule has 0 aliphatic heterocycles. The van der Waals surface area contributed by atoms with Crippen LogP contribution in [-0.4, -0.2) is 18.6 Å². The van der Waals surface area contributed by atoms with Crippen molar-refractivity contribution in [3.63, 3.8) is 0 Å². The van der Waals surface area contributed by atoms with Crippen molar-refractivity contribution in [2.45, 2.75) is 50.7 Å². The second kappa shape index (κ2) is 4.81. The molecule has 1 aliphatic rings. The Kier molecular flexibility index (Phi) is 4.09. The van der Waals surface area contributed by atoms with Crippen molar-refractivity contribution in [3.8, 4) is 0 Å². The van der Waals surface area contributed by atoms with Crippen molar-refractivity contribution >= 4 is 0 Å². The van der Waals surface area contributed by atoms with Gasteiger partial charge in [0.1, 0.15) is 0 Å². The lowest BCUT2D eigenvalue weighted by Crippen LogP contribution is -2.40. The van der Waals surface area contributed by atoms with Gasteiger partial charge in [0.2, 0.25) is 0 Å². The average molecular weight is 250 g/mol. The maximum atomic E-state index is 13.1. The summed E-state index contributed by atoms with van der Waals surface area (Å²) in [7, 11) is 0. The van der Waals surface area contributed by atoms with Gasteiger partial charge in [-0.05, 0) is 12.8 Å². The van der Waals surface area contributed by atoms with Gasteiger partial charge in [-0.15, -0.1) is 0 Å². The van der Waals surface area contributed by atoms with E-state index in [2.05, 4.69) is 4.74 Å². The molecule has 1 atom stereocenters. The number of rotatable bonds is 3. The monoisotopic (exact) mass is 250 g/mol. The summed E-state index contributed by atoms with van der Waals surface area (Å²) in [6.07, 6.45) is -11.5. The number of alkyl halides is 6. The first-order valence-corrected chi connectivity index (χ1v) is 5.00. The van der Waals surface area contributed by atoms with Crippen LogP contribution in [0.15, 0.2) is 0 Å². The smallest absolute Gasteiger partial charge is 0.277 e. The number of halogens is 6. The molecule has 1 rings (SSSR count). The molecule has 0 amide bonds. The lowest BCUT2D eigenvalue weighted by molar-refractivity contribution is -0.374. The first kappa shape index (κ1) is 13.6. The van der Waals surface area contributed by atoms with Gasteiger partial charge in [-0.3, -0.25) is 4.74 Å². The fourth-order valence-electron chi connectivity index (χ4n) is 1.74. The van der Waals surface area contributed by atoms with Crippen LogP contribution in [0.2, 0.25) is 0 Å². The minimum atomic E-state index is -5.40. The molecule has 0 radical (unpaired) electrons. The lowest BCUT2D eigenvalue weighted by Gasteiger charge is -2.30. The topological polar surface area (TPSA) is 9.23 Å². The van der Waals surface area contributed by atoms with E-state index in [0.29, 0.717) is 12.8 Å². The van der Waals surface area contributed by atoms with Crippen molar-refractivity contribution < 1.29 is 31.1 Å². The van der Waals surface area contributed by atoms with Gasteiger partial charge < -0.3 is 0 Å². The first-order chi connectivity index (χ1) is 7.23. The fraction of sp³-hybridized carbons (Fsp3) is 1.00. The van der Waals surface area contributed by atoms with Crippen LogP contribution in [0.4, 0.5) is 26.3 Å². The van der Waals surface area contributed by atoms with Gasteiger partial charge in [-0.25, -0.2) is 4.39 Å². The second-order valence-corrected chi connectivity index (χ2v) is 3.87. The molecule has 0 bridgehead atoms. The van der Waals surface area contributed by atoms with E-state index in [-0.39, 0.29) is 12.8 Å². The SMILES string of the molecule is FC(OC(F)(F)C1CCCCC1)C(F)(F)F. The number of hydrogen-bond acceptors (Lipinski definition) is 1. The molecule has 1 nitrogen and oxygen atoms in total. The van der Waals surface area contributed by atoms with Crippen LogP contribution in [0.3, 0.4) is 0 Å². The summed E-state index contributed by atoms with van der Waals surface area (Å²) in [5.74, 6) is -1.32. The Bertz CT molecular complexity index is 221. The van der Waals surface area contributed by atoms with Gasteiger partial charge in [0.25, 0.3) is 6.36 Å². The molecule has 1 aliphatic carbocycles. The van der Waals surface area contributed by atoms with Crippen LogP contribution in [0.5, 0.6) is 0 Å². The van der Waals surface area contributed by atoms with Crippen molar-refractivity contribution in [1.82, 2.24) is 0 Å². The maximum absolute atomic E-state index is 13.1. The molecule has 1 unspecified atom stereocenters. The Morgan fingerprint density at radius 1 is 0.938 bits per heavy atom. The summed E-state index contributed by atoms with van der Waals surface area (Å²) in [6, 6.07) is 0. The van der Waals surface area contributed by atoms with Crippen molar-refractivity contribution in [1.29, 1.82) is 0 Å². The highest BCUT2D eigenvalue weighted by molar-refractivity contribution is 4.74. The lowest BCUT2D eigenvalue weighted by atomic mass is 9.88. The molecule has 0 aromatic heterocycles. The van der Waals surface area contributed by atoms with E-state index in [9.17, 15) is 26.3 Å². The molecule has 1 fully saturated rings. The summed E-state index contributed by atoms with van der Waals surface area (Å²) >= 11 is 0. The van der Waals surface area contributed by atoms with Crippen LogP contribution in [0, 0.1) is 5.92 Å². The summed E-state index contributed by atoms with van der Waals surface area (Å²) in [6.45, 7) is 0. The zero-order chi connectivity index (χ0) is 12.4. The molecule has 0 heterocycles. The summed E-state index contributed by atoms with van der Waals surface area (Å²) < 4.78 is 76.9. The van der Waals surface area contributed by atoms with E-state index >= 15 is 0 Å². The first-order valence-electron chi connectivity index (χ1n) is 5.00. The van der Waals surface area contributed by atoms with Crippen molar-refractivity contribution in [2.24, 2.45) is 5.92 Å². The fourth-order valence-corrected chi connectivity index (χ4v) is 1.74. The largest absolute Gasteiger partial charge is 0.445 e. The van der Waals surface area contributed by atoms with Gasteiger partial charge in [0, 0.05) is 0 Å². The Balaban J connectivity index is 2.55. The Labute approximate surface area is 88.8 Å². The van der Waals surface area contributed by atoms with Gasteiger partial charge in [0.15, 0.2) is 0 Å². The van der Waals surface area contributed by atoms with Gasteiger partial charge >= 0.3 is 12.3 Å². The normalized spacial score (nSPS) is 22.1. The molecule has 0 saturated heterocycles. The van der Waals surface area contributed by atoms with Gasteiger partial charge in [0.05, 0.1) is 5.92 Å². The van der Waals surface area contributed by atoms with Crippen molar-refractivity contribution in [3.05, 3.63) is 0 Å². The van der Waals surface area contributed by atoms with E-state index in [0.717, 1.165) is 6.42 Å². The molecule has 16 heavy (non-hydrogen) atoms. The van der Waals surface area contributed by atoms with Crippen LogP contribution < -0.4 is 0 Å². The molecular weight excluding hydrogens is 238 g/mol. The highest BCUT2D eigenvalue weighted by Gasteiger charge is 2.51. The molecule has 0 spiro atoms. The third-order valence-corrected chi connectivity index (χ3v) is 2.60. The standard InChI is InChI=1S/C9H12F6O/c10-7(8(11,12)13)16-9(14,15)6-4-2-1-3-5-6/h6-7H,1-5H2. The molecule has 0 aromatic carbocycles. The van der Waals surface area contributed by atoms with E-state index in [1.165, 1.54) is 0 Å². The molecule has 0 N–H and O–H groups in total. The number of hydrogen-bond donors (Lipinski definition) is 0. The van der Waals surface area contributed by atoms with Crippen molar-refractivity contribution in [2.75, 3.05) is 0 Å². The quantitative estimate of drug-likeness (QED) is 0.687. The minimum Gasteiger partial charge on any atom is -0.277 e. The van der Waals surface area contributed by atoms with Crippen LogP contribution in [0.1, 0.15) is 32.1 Å². The van der Waals surface area contributed by atoms with Crippen LogP contribution in [-0.2, 0) is 4.74 Å². The van der Waals surface area contributed by atoms with E-state index in [1.54, 1.807) is 0 Å². The average Bonchev–Trinajstić information content (AvgIpc) is 2.17. The summed E-state index contributed by atoms with van der Waals surface area (Å²) in [5.41, 5.74) is 0. The molecular formula is C9H12F6O. The Morgan fingerprint density at radius 2 is 1.44 bits per heavy atom. The maximum Gasteiger partial charge on any atom is 0.445 e. The highest BCUT2D eigenvalue weighted by Crippen LogP contribution is 2.40. The predicted molar refractivity (Wildman–Crippen MR) is 43.6 cm³/mol. The summed E-state index contributed by atoms with van der Waals surface area (Å²) in [5, 5.41) is 0.